The zero-order valence-corrected chi connectivity index (χ0v) is 17.2. The van der Waals surface area contributed by atoms with E-state index in [0.717, 1.165) is 35.2 Å². The van der Waals surface area contributed by atoms with Gasteiger partial charge in [0.1, 0.15) is 0 Å². The number of carbonyl (C=O) groups excluding carboxylic acids is 1. The second kappa shape index (κ2) is 7.73. The molecule has 5 nitrogen and oxygen atoms in total. The number of amides is 1. The number of aromatic nitrogens is 1. The lowest BCUT2D eigenvalue weighted by molar-refractivity contribution is -0.134. The molecule has 30 heavy (non-hydrogen) atoms. The normalized spacial score (nSPS) is 20.2. The molecule has 1 aromatic heterocycles. The van der Waals surface area contributed by atoms with Gasteiger partial charge in [-0.05, 0) is 46.9 Å². The Labute approximate surface area is 175 Å². The number of methoxy groups -OCH3 is 1. The largest absolute Gasteiger partial charge is 0.384 e. The zero-order chi connectivity index (χ0) is 20.7. The summed E-state index contributed by atoms with van der Waals surface area (Å²) in [6, 6.07) is 18.5. The standard InChI is InChI=1S/C25H26N2O3/c1-30-11-10-24(28)26-14-17-12-21(16-26)23-9-8-22(25(29)27(23)15-17)20-7-6-18-4-2-3-5-19(18)13-20/h2-9,13,17,21H,10-12,14-16H2,1H3/t17-,21-/m1/s1. The maximum Gasteiger partial charge on any atom is 0.258 e. The minimum absolute atomic E-state index is 0.0802. The molecule has 2 bridgehead atoms. The van der Waals surface area contributed by atoms with Gasteiger partial charge in [-0.2, -0.15) is 0 Å². The molecule has 3 heterocycles. The number of carbonyl (C=O) groups is 1. The fraction of sp³-hybridized carbons (Fsp3) is 0.360. The first-order valence-corrected chi connectivity index (χ1v) is 10.6. The van der Waals surface area contributed by atoms with Gasteiger partial charge in [0.25, 0.3) is 5.56 Å². The number of hydrogen-bond donors (Lipinski definition) is 0. The molecule has 2 aliphatic heterocycles. The Hall–Kier alpha value is -2.92. The van der Waals surface area contributed by atoms with E-state index < -0.39 is 0 Å². The van der Waals surface area contributed by atoms with E-state index in [2.05, 4.69) is 30.3 Å². The van der Waals surface area contributed by atoms with Crippen molar-refractivity contribution in [1.29, 1.82) is 0 Å². The summed E-state index contributed by atoms with van der Waals surface area (Å²) in [6.07, 6.45) is 1.46. The Balaban J connectivity index is 1.47. The van der Waals surface area contributed by atoms with Gasteiger partial charge in [0.2, 0.25) is 5.91 Å². The summed E-state index contributed by atoms with van der Waals surface area (Å²) < 4.78 is 7.02. The Bertz CT molecular complexity index is 1170. The summed E-state index contributed by atoms with van der Waals surface area (Å²) in [5.41, 5.74) is 2.85. The van der Waals surface area contributed by atoms with E-state index in [1.807, 2.05) is 33.7 Å². The molecule has 3 aromatic rings. The van der Waals surface area contributed by atoms with E-state index in [4.69, 9.17) is 4.74 Å². The molecule has 1 fully saturated rings. The molecule has 2 aromatic carbocycles. The van der Waals surface area contributed by atoms with E-state index in [1.54, 1.807) is 7.11 Å². The van der Waals surface area contributed by atoms with Gasteiger partial charge in [-0.15, -0.1) is 0 Å². The maximum absolute atomic E-state index is 13.4. The highest BCUT2D eigenvalue weighted by Gasteiger charge is 2.36. The van der Waals surface area contributed by atoms with E-state index in [9.17, 15) is 9.59 Å². The first-order valence-electron chi connectivity index (χ1n) is 10.6. The van der Waals surface area contributed by atoms with Crippen LogP contribution in [0.4, 0.5) is 0 Å². The van der Waals surface area contributed by atoms with Gasteiger partial charge in [0, 0.05) is 43.9 Å². The molecule has 154 valence electrons. The molecular weight excluding hydrogens is 376 g/mol. The van der Waals surface area contributed by atoms with E-state index in [1.165, 1.54) is 5.39 Å². The summed E-state index contributed by atoms with van der Waals surface area (Å²) in [5.74, 6) is 0.699. The number of hydrogen-bond acceptors (Lipinski definition) is 3. The lowest BCUT2D eigenvalue weighted by Gasteiger charge is -2.43. The lowest BCUT2D eigenvalue weighted by Crippen LogP contribution is -2.49. The van der Waals surface area contributed by atoms with Crippen LogP contribution < -0.4 is 5.56 Å². The predicted molar refractivity (Wildman–Crippen MR) is 118 cm³/mol. The molecule has 0 N–H and O–H groups in total. The van der Waals surface area contributed by atoms with Crippen molar-refractivity contribution in [2.75, 3.05) is 26.8 Å². The molecule has 1 saturated heterocycles. The van der Waals surface area contributed by atoms with Crippen molar-refractivity contribution in [1.82, 2.24) is 9.47 Å². The van der Waals surface area contributed by atoms with Crippen LogP contribution in [0, 0.1) is 5.92 Å². The van der Waals surface area contributed by atoms with Gasteiger partial charge < -0.3 is 14.2 Å². The lowest BCUT2D eigenvalue weighted by atomic mass is 9.82. The number of rotatable bonds is 4. The molecule has 0 saturated carbocycles. The Kier molecular flexibility index (Phi) is 4.91. The Morgan fingerprint density at radius 1 is 1.03 bits per heavy atom. The van der Waals surface area contributed by atoms with E-state index in [0.29, 0.717) is 32.0 Å². The zero-order valence-electron chi connectivity index (χ0n) is 17.2. The molecule has 2 atom stereocenters. The highest BCUT2D eigenvalue weighted by atomic mass is 16.5. The SMILES string of the molecule is COCCC(=O)N1C[C@H]2C[C@H](C1)c1ccc(-c3ccc4ccccc4c3)c(=O)n1C2. The highest BCUT2D eigenvalue weighted by Crippen LogP contribution is 2.36. The molecule has 1 amide bonds. The van der Waals surface area contributed by atoms with Crippen molar-refractivity contribution in [3.8, 4) is 11.1 Å². The van der Waals surface area contributed by atoms with Crippen LogP contribution in [0.2, 0.25) is 0 Å². The molecule has 0 spiro atoms. The van der Waals surface area contributed by atoms with Crippen LogP contribution in [0.3, 0.4) is 0 Å². The summed E-state index contributed by atoms with van der Waals surface area (Å²) in [6.45, 7) is 2.55. The summed E-state index contributed by atoms with van der Waals surface area (Å²) in [4.78, 5) is 27.9. The summed E-state index contributed by atoms with van der Waals surface area (Å²) >= 11 is 0. The molecule has 5 rings (SSSR count). The number of ether oxygens (including phenoxy) is 1. The fourth-order valence-corrected chi connectivity index (χ4v) is 5.07. The topological polar surface area (TPSA) is 51.5 Å². The smallest absolute Gasteiger partial charge is 0.258 e. The third-order valence-corrected chi connectivity index (χ3v) is 6.54. The number of pyridine rings is 1. The van der Waals surface area contributed by atoms with Crippen LogP contribution in [0.25, 0.3) is 21.9 Å². The summed E-state index contributed by atoms with van der Waals surface area (Å²) in [5, 5.41) is 2.31. The van der Waals surface area contributed by atoms with Crippen molar-refractivity contribution < 1.29 is 9.53 Å². The number of nitrogens with zero attached hydrogens (tertiary/aromatic N) is 2. The number of fused-ring (bicyclic) bond motifs is 5. The number of benzene rings is 2. The minimum Gasteiger partial charge on any atom is -0.384 e. The second-order valence-corrected chi connectivity index (χ2v) is 8.49. The predicted octanol–water partition coefficient (Wildman–Crippen LogP) is 3.65. The average molecular weight is 402 g/mol. The molecule has 0 aliphatic carbocycles. The van der Waals surface area contributed by atoms with Crippen LogP contribution in [-0.2, 0) is 16.1 Å². The van der Waals surface area contributed by atoms with Crippen LogP contribution in [0.5, 0.6) is 0 Å². The highest BCUT2D eigenvalue weighted by molar-refractivity contribution is 5.87. The summed E-state index contributed by atoms with van der Waals surface area (Å²) in [7, 11) is 1.62. The molecule has 0 radical (unpaired) electrons. The molecular formula is C25H26N2O3. The van der Waals surface area contributed by atoms with Gasteiger partial charge in [-0.25, -0.2) is 0 Å². The molecule has 0 unspecified atom stereocenters. The Morgan fingerprint density at radius 2 is 1.87 bits per heavy atom. The first kappa shape index (κ1) is 19.1. The number of likely N-dealkylation sites (tertiary alicyclic amines) is 1. The number of piperidine rings is 1. The monoisotopic (exact) mass is 402 g/mol. The quantitative estimate of drug-likeness (QED) is 0.669. The van der Waals surface area contributed by atoms with E-state index >= 15 is 0 Å². The van der Waals surface area contributed by atoms with Crippen LogP contribution in [0.15, 0.2) is 59.4 Å². The fourth-order valence-electron chi connectivity index (χ4n) is 5.07. The van der Waals surface area contributed by atoms with E-state index in [-0.39, 0.29) is 17.4 Å². The van der Waals surface area contributed by atoms with Gasteiger partial charge in [-0.1, -0.05) is 36.4 Å². The van der Waals surface area contributed by atoms with Gasteiger partial charge in [0.15, 0.2) is 0 Å². The van der Waals surface area contributed by atoms with Gasteiger partial charge in [-0.3, -0.25) is 9.59 Å². The minimum atomic E-state index is 0.0802. The van der Waals surface area contributed by atoms with Crippen molar-refractivity contribution >= 4 is 16.7 Å². The Morgan fingerprint density at radius 3 is 2.70 bits per heavy atom. The third-order valence-electron chi connectivity index (χ3n) is 6.54. The van der Waals surface area contributed by atoms with Crippen LogP contribution >= 0.6 is 0 Å². The van der Waals surface area contributed by atoms with Gasteiger partial charge >= 0.3 is 0 Å². The van der Waals surface area contributed by atoms with Crippen LogP contribution in [-0.4, -0.2) is 42.2 Å². The van der Waals surface area contributed by atoms with Crippen LogP contribution in [0.1, 0.15) is 24.5 Å². The van der Waals surface area contributed by atoms with Crippen molar-refractivity contribution in [3.63, 3.8) is 0 Å². The third kappa shape index (κ3) is 3.33. The second-order valence-electron chi connectivity index (χ2n) is 8.49. The van der Waals surface area contributed by atoms with Gasteiger partial charge in [0.05, 0.1) is 13.0 Å². The molecule has 5 heteroatoms. The maximum atomic E-state index is 13.4. The van der Waals surface area contributed by atoms with Crippen molar-refractivity contribution in [3.05, 3.63) is 70.6 Å². The first-order chi connectivity index (χ1) is 14.6. The molecule has 2 aliphatic rings. The van der Waals surface area contributed by atoms with Crippen molar-refractivity contribution in [2.24, 2.45) is 5.92 Å². The van der Waals surface area contributed by atoms with Crippen molar-refractivity contribution in [2.45, 2.75) is 25.3 Å². The average Bonchev–Trinajstić information content (AvgIpc) is 2.77.